The molecule has 0 bridgehead atoms. The van der Waals surface area contributed by atoms with E-state index >= 15 is 0 Å². The Kier molecular flexibility index (Phi) is 2.12. The van der Waals surface area contributed by atoms with Crippen molar-refractivity contribution in [1.29, 1.82) is 0 Å². The molecule has 0 aromatic rings. The van der Waals surface area contributed by atoms with Crippen LogP contribution in [0, 0.1) is 31.2 Å². The van der Waals surface area contributed by atoms with Crippen LogP contribution in [0.3, 0.4) is 0 Å². The summed E-state index contributed by atoms with van der Waals surface area (Å²) in [5.41, 5.74) is 1.54. The minimum atomic E-state index is -0.169. The molecule has 1 aliphatic carbocycles. The van der Waals surface area contributed by atoms with Crippen LogP contribution in [0.1, 0.15) is 0 Å². The third-order valence-electron chi connectivity index (χ3n) is 1.24. The Morgan fingerprint density at radius 1 is 1.12 bits per heavy atom. The fourth-order valence-electron chi connectivity index (χ4n) is 0.707. The Morgan fingerprint density at radius 3 is 1.88 bits per heavy atom. The van der Waals surface area contributed by atoms with Gasteiger partial charge < -0.3 is 0 Å². The standard InChI is InChI=1S/C7H10Si/c1-8(2)7-5-3-4-6-7/h3-6H,1-2H3/q+1. The first-order chi connectivity index (χ1) is 3.80. The zero-order valence-corrected chi connectivity index (χ0v) is 6.31. The van der Waals surface area contributed by atoms with Gasteiger partial charge in [-0.05, 0) is 12.8 Å². The van der Waals surface area contributed by atoms with Crippen molar-refractivity contribution in [1.82, 2.24) is 0 Å². The molecule has 0 N–H and O–H groups in total. The summed E-state index contributed by atoms with van der Waals surface area (Å²) in [4.78, 5) is 0. The summed E-state index contributed by atoms with van der Waals surface area (Å²) in [5.74, 6) is 0. The van der Waals surface area contributed by atoms with Gasteiger partial charge in [-0.1, -0.05) is 0 Å². The molecule has 0 heterocycles. The molecule has 1 fully saturated rings. The topological polar surface area (TPSA) is 0 Å². The van der Waals surface area contributed by atoms with Crippen LogP contribution >= 0.6 is 0 Å². The number of hydrogen-bond donors (Lipinski definition) is 0. The van der Waals surface area contributed by atoms with Gasteiger partial charge in [-0.3, -0.25) is 0 Å². The summed E-state index contributed by atoms with van der Waals surface area (Å²) in [5, 5.41) is 0. The van der Waals surface area contributed by atoms with Crippen molar-refractivity contribution in [3.05, 3.63) is 31.2 Å². The van der Waals surface area contributed by atoms with E-state index in [-0.39, 0.29) is 8.80 Å². The van der Waals surface area contributed by atoms with Crippen LogP contribution in [0.4, 0.5) is 0 Å². The maximum absolute atomic E-state index is 2.31. The molecule has 0 unspecified atom stereocenters. The highest BCUT2D eigenvalue weighted by molar-refractivity contribution is 6.63. The second kappa shape index (κ2) is 2.67. The molecule has 0 aromatic heterocycles. The van der Waals surface area contributed by atoms with Crippen molar-refractivity contribution >= 4 is 8.80 Å². The van der Waals surface area contributed by atoms with E-state index in [1.807, 2.05) is 0 Å². The van der Waals surface area contributed by atoms with Crippen LogP contribution in [-0.4, -0.2) is 8.80 Å². The Labute approximate surface area is 53.9 Å². The van der Waals surface area contributed by atoms with Crippen LogP contribution < -0.4 is 0 Å². The van der Waals surface area contributed by atoms with Crippen molar-refractivity contribution in [2.45, 2.75) is 13.1 Å². The minimum absolute atomic E-state index is 0.169. The molecule has 1 heteroatoms. The van der Waals surface area contributed by atoms with E-state index in [2.05, 4.69) is 38.8 Å². The first-order valence-corrected chi connectivity index (χ1v) is 5.33. The number of rotatable bonds is 1. The van der Waals surface area contributed by atoms with E-state index in [1.165, 1.54) is 5.54 Å². The molecule has 0 atom stereocenters. The monoisotopic (exact) mass is 122 g/mol. The molecular weight excluding hydrogens is 112 g/mol. The van der Waals surface area contributed by atoms with Crippen LogP contribution in [0.15, 0.2) is 0 Å². The van der Waals surface area contributed by atoms with Gasteiger partial charge in [0, 0.05) is 12.8 Å². The van der Waals surface area contributed by atoms with Crippen molar-refractivity contribution in [2.75, 3.05) is 0 Å². The predicted octanol–water partition coefficient (Wildman–Crippen LogP) is 1.69. The van der Waals surface area contributed by atoms with E-state index in [4.69, 9.17) is 0 Å². The highest BCUT2D eigenvalue weighted by atomic mass is 28.3. The van der Waals surface area contributed by atoms with Gasteiger partial charge in [-0.2, -0.15) is 0 Å². The Balaban J connectivity index is 2.24. The van der Waals surface area contributed by atoms with Crippen molar-refractivity contribution < 1.29 is 0 Å². The quantitative estimate of drug-likeness (QED) is 0.464. The van der Waals surface area contributed by atoms with E-state index in [0.717, 1.165) is 0 Å². The van der Waals surface area contributed by atoms with Crippen molar-refractivity contribution in [3.8, 4) is 0 Å². The smallest absolute Gasteiger partial charge is 0.0279 e. The van der Waals surface area contributed by atoms with E-state index in [9.17, 15) is 0 Å². The molecule has 1 rings (SSSR count). The second-order valence-corrected chi connectivity index (χ2v) is 4.75. The molecule has 0 nitrogen and oxygen atoms in total. The van der Waals surface area contributed by atoms with Crippen molar-refractivity contribution in [2.24, 2.45) is 0 Å². The largest absolute Gasteiger partial charge is 0.318 e. The lowest BCUT2D eigenvalue weighted by molar-refractivity contribution is 1.46. The normalized spacial score (nSPS) is 21.8. The molecule has 5 radical (unpaired) electrons. The fourth-order valence-corrected chi connectivity index (χ4v) is 1.57. The van der Waals surface area contributed by atoms with Gasteiger partial charge >= 0.3 is 8.80 Å². The van der Waals surface area contributed by atoms with Gasteiger partial charge in [0.2, 0.25) is 0 Å². The van der Waals surface area contributed by atoms with E-state index < -0.39 is 0 Å². The Bertz CT molecular complexity index is 62.8. The van der Waals surface area contributed by atoms with Gasteiger partial charge in [0.1, 0.15) is 5.54 Å². The summed E-state index contributed by atoms with van der Waals surface area (Å²) >= 11 is 0. The summed E-state index contributed by atoms with van der Waals surface area (Å²) < 4.78 is 0. The van der Waals surface area contributed by atoms with E-state index in [1.54, 1.807) is 0 Å². The van der Waals surface area contributed by atoms with Crippen LogP contribution in [-0.2, 0) is 0 Å². The molecule has 41 valence electrons. The van der Waals surface area contributed by atoms with Crippen molar-refractivity contribution in [3.63, 3.8) is 0 Å². The van der Waals surface area contributed by atoms with Gasteiger partial charge in [0.25, 0.3) is 0 Å². The molecule has 0 aromatic carbocycles. The van der Waals surface area contributed by atoms with Crippen LogP contribution in [0.5, 0.6) is 0 Å². The average Bonchev–Trinajstić information content (AvgIpc) is 2.12. The fraction of sp³-hybridized carbons (Fsp3) is 0.286. The lowest BCUT2D eigenvalue weighted by atomic mass is 10.4. The first kappa shape index (κ1) is 6.34. The zero-order valence-electron chi connectivity index (χ0n) is 5.31. The highest BCUT2D eigenvalue weighted by Crippen LogP contribution is 2.24. The third-order valence-corrected chi connectivity index (χ3v) is 2.73. The van der Waals surface area contributed by atoms with Gasteiger partial charge in [0.15, 0.2) is 0 Å². The number of hydrogen-bond acceptors (Lipinski definition) is 0. The van der Waals surface area contributed by atoms with Crippen LogP contribution in [0.25, 0.3) is 0 Å². The lowest BCUT2D eigenvalue weighted by Crippen LogP contribution is -2.12. The van der Waals surface area contributed by atoms with Gasteiger partial charge in [0.05, 0.1) is 13.1 Å². The average molecular weight is 122 g/mol. The van der Waals surface area contributed by atoms with Gasteiger partial charge in [-0.15, -0.1) is 0 Å². The molecule has 0 amide bonds. The first-order valence-electron chi connectivity index (χ1n) is 2.83. The second-order valence-electron chi connectivity index (χ2n) is 2.17. The summed E-state index contributed by atoms with van der Waals surface area (Å²) in [7, 11) is -0.169. The maximum atomic E-state index is 2.31. The van der Waals surface area contributed by atoms with E-state index in [0.29, 0.717) is 0 Å². The molecule has 0 saturated heterocycles. The SMILES string of the molecule is C[Si+](C)[C]1[CH][CH][CH][CH]1. The Morgan fingerprint density at radius 2 is 1.62 bits per heavy atom. The highest BCUT2D eigenvalue weighted by Gasteiger charge is 2.32. The molecule has 0 spiro atoms. The molecule has 1 aliphatic rings. The summed E-state index contributed by atoms with van der Waals surface area (Å²) in [6, 6.07) is 0. The zero-order chi connectivity index (χ0) is 5.98. The molecule has 1 saturated carbocycles. The summed E-state index contributed by atoms with van der Waals surface area (Å²) in [6.45, 7) is 4.61. The molecular formula is C7H10Si+. The Hall–Kier alpha value is 0.217. The summed E-state index contributed by atoms with van der Waals surface area (Å²) in [6.07, 6.45) is 8.61. The maximum Gasteiger partial charge on any atom is 0.318 e. The molecule has 8 heavy (non-hydrogen) atoms. The minimum Gasteiger partial charge on any atom is -0.0279 e. The van der Waals surface area contributed by atoms with Crippen LogP contribution in [0.2, 0.25) is 13.1 Å². The lowest BCUT2D eigenvalue weighted by Gasteiger charge is -1.93. The van der Waals surface area contributed by atoms with Gasteiger partial charge in [-0.25, -0.2) is 0 Å². The predicted molar refractivity (Wildman–Crippen MR) is 37.9 cm³/mol. The molecule has 0 aliphatic heterocycles. The third kappa shape index (κ3) is 1.34.